The smallest absolute Gasteiger partial charge is 0.305 e. The van der Waals surface area contributed by atoms with E-state index in [1.165, 1.54) is 17.0 Å². The second-order valence-electron chi connectivity index (χ2n) is 5.44. The van der Waals surface area contributed by atoms with Crippen LogP contribution in [-0.4, -0.2) is 35.0 Å². The fraction of sp³-hybridized carbons (Fsp3) is 0.263. The van der Waals surface area contributed by atoms with Crippen molar-refractivity contribution in [2.75, 3.05) is 13.1 Å². The topological polar surface area (TPSA) is 66.8 Å². The normalized spacial score (nSPS) is 10.3. The number of amides is 1. The summed E-state index contributed by atoms with van der Waals surface area (Å²) in [6, 6.07) is 12.7. The van der Waals surface area contributed by atoms with Crippen LogP contribution in [0.4, 0.5) is 4.39 Å². The average Bonchev–Trinajstić information content (AvgIpc) is 2.61. The summed E-state index contributed by atoms with van der Waals surface area (Å²) >= 11 is 0. The van der Waals surface area contributed by atoms with Gasteiger partial charge in [0.2, 0.25) is 0 Å². The van der Waals surface area contributed by atoms with Crippen molar-refractivity contribution in [2.24, 2.45) is 0 Å². The Hall–Kier alpha value is -2.89. The van der Waals surface area contributed by atoms with Crippen LogP contribution in [0.1, 0.15) is 29.3 Å². The monoisotopic (exact) mass is 345 g/mol. The lowest BCUT2D eigenvalue weighted by Crippen LogP contribution is -2.33. The number of halogens is 1. The number of para-hydroxylation sites is 1. The Morgan fingerprint density at radius 1 is 1.12 bits per heavy atom. The van der Waals surface area contributed by atoms with E-state index in [2.05, 4.69) is 0 Å². The van der Waals surface area contributed by atoms with Crippen LogP contribution in [0.25, 0.3) is 0 Å². The Kier molecular flexibility index (Phi) is 6.51. The van der Waals surface area contributed by atoms with Crippen molar-refractivity contribution < 1.29 is 23.8 Å². The second-order valence-corrected chi connectivity index (χ2v) is 5.44. The van der Waals surface area contributed by atoms with Gasteiger partial charge in [0.15, 0.2) is 0 Å². The number of carbonyl (C=O) groups is 2. The molecule has 0 aromatic heterocycles. The molecule has 0 aliphatic carbocycles. The summed E-state index contributed by atoms with van der Waals surface area (Å²) in [7, 11) is 0. The molecule has 0 radical (unpaired) electrons. The molecule has 0 spiro atoms. The number of benzene rings is 2. The molecule has 5 nitrogen and oxygen atoms in total. The molecule has 0 fully saturated rings. The van der Waals surface area contributed by atoms with Crippen molar-refractivity contribution in [2.45, 2.75) is 20.0 Å². The first-order chi connectivity index (χ1) is 12.0. The number of carbonyl (C=O) groups excluding carboxylic acids is 1. The molecule has 0 atom stereocenters. The van der Waals surface area contributed by atoms with Gasteiger partial charge >= 0.3 is 5.97 Å². The molecular formula is C19H20FNO4. The third-order valence-electron chi connectivity index (χ3n) is 3.69. The molecular weight excluding hydrogens is 325 g/mol. The zero-order valence-corrected chi connectivity index (χ0v) is 13.9. The minimum atomic E-state index is -0.952. The van der Waals surface area contributed by atoms with Crippen molar-refractivity contribution in [3.63, 3.8) is 0 Å². The quantitative estimate of drug-likeness (QED) is 0.797. The lowest BCUT2D eigenvalue weighted by molar-refractivity contribution is -0.137. The first-order valence-electron chi connectivity index (χ1n) is 7.98. The van der Waals surface area contributed by atoms with Crippen molar-refractivity contribution >= 4 is 11.9 Å². The van der Waals surface area contributed by atoms with Crippen molar-refractivity contribution in [3.8, 4) is 5.75 Å². The van der Waals surface area contributed by atoms with E-state index in [4.69, 9.17) is 9.84 Å². The number of hydrogen-bond donors (Lipinski definition) is 1. The maximum Gasteiger partial charge on any atom is 0.305 e. The van der Waals surface area contributed by atoms with Gasteiger partial charge in [-0.1, -0.05) is 24.3 Å². The summed E-state index contributed by atoms with van der Waals surface area (Å²) in [6.45, 7) is 2.53. The molecule has 0 heterocycles. The minimum Gasteiger partial charge on any atom is -0.488 e. The highest BCUT2D eigenvalue weighted by atomic mass is 19.1. The largest absolute Gasteiger partial charge is 0.488 e. The third-order valence-corrected chi connectivity index (χ3v) is 3.69. The maximum atomic E-state index is 12.9. The Morgan fingerprint density at radius 3 is 2.44 bits per heavy atom. The van der Waals surface area contributed by atoms with Gasteiger partial charge in [-0.3, -0.25) is 9.59 Å². The van der Waals surface area contributed by atoms with Gasteiger partial charge in [0.25, 0.3) is 5.91 Å². The first-order valence-corrected chi connectivity index (χ1v) is 7.98. The van der Waals surface area contributed by atoms with Gasteiger partial charge in [-0.2, -0.15) is 0 Å². The Balaban J connectivity index is 2.11. The summed E-state index contributed by atoms with van der Waals surface area (Å²) in [5.74, 6) is -1.15. The molecule has 2 aromatic rings. The standard InChI is InChI=1S/C19H20FNO4/c1-2-21(12-11-18(22)23)19(24)16-5-3-4-6-17(16)25-13-14-7-9-15(20)10-8-14/h3-10H,2,11-13H2,1H3,(H,22,23). The van der Waals surface area contributed by atoms with Crippen molar-refractivity contribution in [3.05, 3.63) is 65.5 Å². The highest BCUT2D eigenvalue weighted by molar-refractivity contribution is 5.97. The first kappa shape index (κ1) is 18.4. The van der Waals surface area contributed by atoms with E-state index in [0.717, 1.165) is 5.56 Å². The number of carboxylic acids is 1. The number of rotatable bonds is 8. The molecule has 0 saturated heterocycles. The van der Waals surface area contributed by atoms with Crippen LogP contribution in [0.2, 0.25) is 0 Å². The summed E-state index contributed by atoms with van der Waals surface area (Å²) in [6.07, 6.45) is -0.113. The van der Waals surface area contributed by atoms with Crippen LogP contribution in [0, 0.1) is 5.82 Å². The van der Waals surface area contributed by atoms with Gasteiger partial charge in [0, 0.05) is 13.1 Å². The second kappa shape index (κ2) is 8.82. The summed E-state index contributed by atoms with van der Waals surface area (Å²) in [5, 5.41) is 8.81. The molecule has 132 valence electrons. The molecule has 6 heteroatoms. The lowest BCUT2D eigenvalue weighted by atomic mass is 10.1. The molecule has 0 aliphatic rings. The minimum absolute atomic E-state index is 0.113. The van der Waals surface area contributed by atoms with E-state index < -0.39 is 5.97 Å². The van der Waals surface area contributed by atoms with E-state index in [-0.39, 0.29) is 31.3 Å². The van der Waals surface area contributed by atoms with Crippen LogP contribution in [-0.2, 0) is 11.4 Å². The number of nitrogens with zero attached hydrogens (tertiary/aromatic N) is 1. The van der Waals surface area contributed by atoms with Gasteiger partial charge in [0.05, 0.1) is 12.0 Å². The van der Waals surface area contributed by atoms with E-state index in [1.54, 1.807) is 43.3 Å². The van der Waals surface area contributed by atoms with Crippen LogP contribution in [0.15, 0.2) is 48.5 Å². The molecule has 0 unspecified atom stereocenters. The van der Waals surface area contributed by atoms with Gasteiger partial charge < -0.3 is 14.7 Å². The fourth-order valence-electron chi connectivity index (χ4n) is 2.32. The molecule has 0 bridgehead atoms. The molecule has 2 aromatic carbocycles. The van der Waals surface area contributed by atoms with E-state index in [9.17, 15) is 14.0 Å². The third kappa shape index (κ3) is 5.31. The van der Waals surface area contributed by atoms with Crippen LogP contribution < -0.4 is 4.74 Å². The van der Waals surface area contributed by atoms with Crippen LogP contribution in [0.5, 0.6) is 5.75 Å². The molecule has 2 rings (SSSR count). The molecule has 0 saturated carbocycles. The van der Waals surface area contributed by atoms with Crippen molar-refractivity contribution in [1.29, 1.82) is 0 Å². The molecule has 0 aliphatic heterocycles. The van der Waals surface area contributed by atoms with Crippen molar-refractivity contribution in [1.82, 2.24) is 4.90 Å². The fourth-order valence-corrected chi connectivity index (χ4v) is 2.32. The summed E-state index contributed by atoms with van der Waals surface area (Å²) in [4.78, 5) is 24.9. The highest BCUT2D eigenvalue weighted by Gasteiger charge is 2.19. The Bertz CT molecular complexity index is 730. The van der Waals surface area contributed by atoms with Gasteiger partial charge in [-0.25, -0.2) is 4.39 Å². The van der Waals surface area contributed by atoms with E-state index in [0.29, 0.717) is 17.9 Å². The summed E-state index contributed by atoms with van der Waals surface area (Å²) < 4.78 is 18.7. The Labute approximate surface area is 145 Å². The predicted molar refractivity (Wildman–Crippen MR) is 91.0 cm³/mol. The number of aliphatic carboxylic acids is 1. The molecule has 25 heavy (non-hydrogen) atoms. The highest BCUT2D eigenvalue weighted by Crippen LogP contribution is 2.21. The van der Waals surface area contributed by atoms with Crippen LogP contribution in [0.3, 0.4) is 0 Å². The molecule has 1 amide bonds. The predicted octanol–water partition coefficient (Wildman–Crippen LogP) is 3.34. The number of hydrogen-bond acceptors (Lipinski definition) is 3. The van der Waals surface area contributed by atoms with Gasteiger partial charge in [-0.15, -0.1) is 0 Å². The molecule has 1 N–H and O–H groups in total. The van der Waals surface area contributed by atoms with E-state index >= 15 is 0 Å². The maximum absolute atomic E-state index is 12.9. The lowest BCUT2D eigenvalue weighted by Gasteiger charge is -2.21. The number of ether oxygens (including phenoxy) is 1. The average molecular weight is 345 g/mol. The van der Waals surface area contributed by atoms with Gasteiger partial charge in [0.1, 0.15) is 18.2 Å². The SMILES string of the molecule is CCN(CCC(=O)O)C(=O)c1ccccc1OCc1ccc(F)cc1. The Morgan fingerprint density at radius 2 is 1.80 bits per heavy atom. The zero-order chi connectivity index (χ0) is 18.2. The summed E-state index contributed by atoms with van der Waals surface area (Å²) in [5.41, 5.74) is 1.15. The van der Waals surface area contributed by atoms with Crippen LogP contribution >= 0.6 is 0 Å². The number of carboxylic acid groups (broad SMARTS) is 1. The van der Waals surface area contributed by atoms with E-state index in [1.807, 2.05) is 0 Å². The zero-order valence-electron chi connectivity index (χ0n) is 13.9. The van der Waals surface area contributed by atoms with Gasteiger partial charge in [-0.05, 0) is 36.8 Å².